The molecule has 1 aromatic carbocycles. The van der Waals surface area contributed by atoms with Gasteiger partial charge in [0.2, 0.25) is 0 Å². The number of ketones is 1. The lowest BCUT2D eigenvalue weighted by atomic mass is 9.77. The fraction of sp³-hybridized carbons (Fsp3) is 0.622. The minimum Gasteiger partial charge on any atom is -0.457 e. The third-order valence-corrected chi connectivity index (χ3v) is 12.6. The van der Waals surface area contributed by atoms with E-state index in [1.165, 1.54) is 0 Å². The monoisotopic (exact) mass is 832 g/mol. The minimum atomic E-state index is -1.29. The van der Waals surface area contributed by atoms with Crippen LogP contribution in [0.15, 0.2) is 55.0 Å². The number of Topliss-reactive ketones (excluding diaryl/α,β-unsaturated/α-hetero) is 1. The zero-order valence-corrected chi connectivity index (χ0v) is 36.4. The van der Waals surface area contributed by atoms with Crippen LogP contribution in [0.25, 0.3) is 17.0 Å². The molecule has 4 N–H and O–H groups in total. The van der Waals surface area contributed by atoms with E-state index in [1.54, 1.807) is 26.2 Å². The maximum absolute atomic E-state index is 15.2. The maximum atomic E-state index is 15.2. The number of aromatic amines is 1. The van der Waals surface area contributed by atoms with Crippen molar-refractivity contribution in [2.45, 2.75) is 134 Å². The molecule has 0 bridgehead atoms. The summed E-state index contributed by atoms with van der Waals surface area (Å²) < 4.78 is 32.3. The Morgan fingerprint density at radius 1 is 1.08 bits per heavy atom. The van der Waals surface area contributed by atoms with E-state index >= 15 is 4.79 Å². The van der Waals surface area contributed by atoms with Gasteiger partial charge in [0.05, 0.1) is 42.2 Å². The summed E-state index contributed by atoms with van der Waals surface area (Å²) in [6.07, 6.45) is 5.25. The van der Waals surface area contributed by atoms with Crippen LogP contribution in [0.4, 0.5) is 4.79 Å². The largest absolute Gasteiger partial charge is 0.457 e. The highest BCUT2D eigenvalue weighted by molar-refractivity contribution is 6.00. The third kappa shape index (κ3) is 10.1. The van der Waals surface area contributed by atoms with Gasteiger partial charge in [-0.05, 0) is 103 Å². The zero-order chi connectivity index (χ0) is 43.4. The molecule has 328 valence electrons. The summed E-state index contributed by atoms with van der Waals surface area (Å²) >= 11 is 0. The quantitative estimate of drug-likeness (QED) is 0.161. The molecule has 3 aliphatic heterocycles. The second-order valence-corrected chi connectivity index (χ2v) is 17.7. The highest BCUT2D eigenvalue weighted by Gasteiger charge is 2.56. The highest BCUT2D eigenvalue weighted by atomic mass is 16.7. The molecule has 5 heterocycles. The van der Waals surface area contributed by atoms with Gasteiger partial charge in [0.25, 0.3) is 0 Å². The topological polar surface area (TPSA) is 186 Å². The number of cyclic esters (lactones) is 1. The number of nitrogens with one attached hydrogen (secondary N) is 3. The van der Waals surface area contributed by atoms with Crippen molar-refractivity contribution in [3.63, 3.8) is 0 Å². The van der Waals surface area contributed by atoms with Crippen LogP contribution in [0.1, 0.15) is 78.9 Å². The average Bonchev–Trinajstić information content (AvgIpc) is 3.85. The number of rotatable bonds is 10. The Bertz CT molecular complexity index is 1960. The molecule has 2 aromatic heterocycles. The second kappa shape index (κ2) is 19.2. The second-order valence-electron chi connectivity index (χ2n) is 17.7. The molecular formula is C45H64N6O9. The smallest absolute Gasteiger partial charge is 0.408 e. The number of hydrogen-bond donors (Lipinski definition) is 4. The predicted molar refractivity (Wildman–Crippen MR) is 226 cm³/mol. The first-order valence-electron chi connectivity index (χ1n) is 21.3. The van der Waals surface area contributed by atoms with Gasteiger partial charge in [-0.1, -0.05) is 51.1 Å². The zero-order valence-electron chi connectivity index (χ0n) is 36.4. The van der Waals surface area contributed by atoms with Gasteiger partial charge >= 0.3 is 12.1 Å². The van der Waals surface area contributed by atoms with Gasteiger partial charge in [-0.15, -0.1) is 0 Å². The van der Waals surface area contributed by atoms with Crippen LogP contribution < -0.4 is 10.6 Å². The lowest BCUT2D eigenvalue weighted by Gasteiger charge is -2.47. The number of esters is 1. The average molecular weight is 833 g/mol. The number of aromatic nitrogens is 3. The summed E-state index contributed by atoms with van der Waals surface area (Å²) in [7, 11) is 3.81. The van der Waals surface area contributed by atoms with Crippen molar-refractivity contribution in [2.75, 3.05) is 27.2 Å². The Balaban J connectivity index is 1.41. The van der Waals surface area contributed by atoms with Crippen LogP contribution in [0.2, 0.25) is 0 Å². The highest BCUT2D eigenvalue weighted by Crippen LogP contribution is 2.38. The molecule has 3 aromatic rings. The van der Waals surface area contributed by atoms with Crippen molar-refractivity contribution in [3.05, 3.63) is 66.1 Å². The summed E-state index contributed by atoms with van der Waals surface area (Å²) in [5.41, 5.74) is 0.00607. The maximum Gasteiger partial charge on any atom is 0.408 e. The van der Waals surface area contributed by atoms with Crippen LogP contribution in [0.5, 0.6) is 0 Å². The van der Waals surface area contributed by atoms with E-state index < -0.39 is 71.5 Å². The normalized spacial score (nSPS) is 36.0. The number of carbonyl (C=O) groups excluding carboxylic acids is 3. The number of aliphatic hydroxyl groups excluding tert-OH is 1. The first-order valence-corrected chi connectivity index (χ1v) is 21.3. The number of hydrogen-bond acceptors (Lipinski definition) is 13. The lowest BCUT2D eigenvalue weighted by molar-refractivity contribution is -0.296. The number of aliphatic hydroxyl groups is 1. The number of pyridine rings is 1. The summed E-state index contributed by atoms with van der Waals surface area (Å²) in [5, 5.41) is 26.2. The van der Waals surface area contributed by atoms with E-state index in [1.807, 2.05) is 89.3 Å². The summed E-state index contributed by atoms with van der Waals surface area (Å²) in [6.45, 7) is 13.9. The van der Waals surface area contributed by atoms with Crippen molar-refractivity contribution in [3.8, 4) is 0 Å². The van der Waals surface area contributed by atoms with Gasteiger partial charge in [-0.2, -0.15) is 5.10 Å². The molecule has 6 rings (SSSR count). The standard InChI is InChI=1S/C45H64N6O9/c1-10-36-45(7)39(50-43(55)60-45)29(5)46-22-26(2)21-44(6,56-17-13-14-30-19-32-15-11-12-16-34(32)47-23-30)40(59-42-38(53)35(51(8)9)18-27(3)57-42)28(4)37(52)33(41(54)58-36)20-31-24-48-49-25-31/h11-16,19,23-29,33,35-36,38-40,42,46,53H,10,17-18,20-22H2,1-9H3,(H,48,49)(H,50,55)/b14-13+/t26-,27?,28+,29-,33-,35?,36-,38?,39-,40-,42+,44-,45-/m1/s1. The van der Waals surface area contributed by atoms with Gasteiger partial charge in [0.1, 0.15) is 18.1 Å². The molecule has 0 radical (unpaired) electrons. The van der Waals surface area contributed by atoms with Gasteiger partial charge in [0.15, 0.2) is 17.7 Å². The number of alkyl carbamates (subject to hydrolysis) is 1. The van der Waals surface area contributed by atoms with Crippen molar-refractivity contribution in [2.24, 2.45) is 17.8 Å². The van der Waals surface area contributed by atoms with Crippen LogP contribution in [0, 0.1) is 17.8 Å². The first-order chi connectivity index (χ1) is 28.5. The Morgan fingerprint density at radius 3 is 2.57 bits per heavy atom. The van der Waals surface area contributed by atoms with Crippen LogP contribution in [-0.4, -0.2) is 130 Å². The fourth-order valence-corrected chi connectivity index (χ4v) is 9.39. The number of benzene rings is 1. The van der Waals surface area contributed by atoms with Gasteiger partial charge < -0.3 is 44.3 Å². The molecule has 0 spiro atoms. The fourth-order valence-electron chi connectivity index (χ4n) is 9.39. The van der Waals surface area contributed by atoms with E-state index in [2.05, 4.69) is 38.8 Å². The van der Waals surface area contributed by atoms with Crippen LogP contribution >= 0.6 is 0 Å². The molecule has 3 aliphatic rings. The van der Waals surface area contributed by atoms with Crippen LogP contribution in [-0.2, 0) is 39.7 Å². The number of nitrogens with zero attached hydrogens (tertiary/aromatic N) is 3. The Kier molecular flexibility index (Phi) is 14.5. The molecule has 15 nitrogen and oxygen atoms in total. The number of ether oxygens (including phenoxy) is 5. The third-order valence-electron chi connectivity index (χ3n) is 12.6. The number of para-hydroxylation sites is 1. The molecule has 0 saturated carbocycles. The Labute approximate surface area is 353 Å². The number of likely N-dealkylation sites (N-methyl/N-ethyl adjacent to an activating group) is 1. The van der Waals surface area contributed by atoms with E-state index in [9.17, 15) is 14.7 Å². The van der Waals surface area contributed by atoms with E-state index in [4.69, 9.17) is 23.7 Å². The predicted octanol–water partition coefficient (Wildman–Crippen LogP) is 4.83. The number of H-pyrrole nitrogens is 1. The molecule has 3 saturated heterocycles. The van der Waals surface area contributed by atoms with Crippen LogP contribution in [0.3, 0.4) is 0 Å². The first kappa shape index (κ1) is 45.3. The number of carbonyl (C=O) groups is 3. The number of fused-ring (bicyclic) bond motifs is 2. The molecule has 13 atom stereocenters. The van der Waals surface area contributed by atoms with Crippen molar-refractivity contribution in [1.82, 2.24) is 30.7 Å². The molecule has 3 fully saturated rings. The van der Waals surface area contributed by atoms with Gasteiger partial charge in [-0.3, -0.25) is 19.7 Å². The summed E-state index contributed by atoms with van der Waals surface area (Å²) in [6, 6.07) is 8.82. The van der Waals surface area contributed by atoms with Crippen molar-refractivity contribution < 1.29 is 43.2 Å². The van der Waals surface area contributed by atoms with Gasteiger partial charge in [-0.25, -0.2) is 4.79 Å². The van der Waals surface area contributed by atoms with Gasteiger partial charge in [0, 0.05) is 35.8 Å². The summed E-state index contributed by atoms with van der Waals surface area (Å²) in [4.78, 5) is 49.1. The molecule has 0 aliphatic carbocycles. The van der Waals surface area contributed by atoms with Crippen molar-refractivity contribution in [1.29, 1.82) is 0 Å². The Hall–Kier alpha value is -4.25. The summed E-state index contributed by atoms with van der Waals surface area (Å²) in [5.74, 6) is -3.53. The van der Waals surface area contributed by atoms with E-state index in [-0.39, 0.29) is 37.1 Å². The molecular weight excluding hydrogens is 769 g/mol. The Morgan fingerprint density at radius 2 is 1.85 bits per heavy atom. The van der Waals surface area contributed by atoms with E-state index in [0.29, 0.717) is 31.4 Å². The molecule has 60 heavy (non-hydrogen) atoms. The minimum absolute atomic E-state index is 0.00338. The lowest BCUT2D eigenvalue weighted by Crippen LogP contribution is -2.60. The molecule has 15 heteroatoms. The molecule has 3 unspecified atom stereocenters. The van der Waals surface area contributed by atoms with E-state index in [0.717, 1.165) is 16.5 Å². The van der Waals surface area contributed by atoms with Crippen molar-refractivity contribution >= 4 is 34.8 Å². The number of amides is 1. The SMILES string of the molecule is CC[C@H]1OC(=O)[C@H](Cc2cn[nH]c2)C(=O)[C@H](C)[C@@H](O[C@@H]2OC(C)CC(N(C)C)C2O)[C@](C)(OC/C=C/c2cnc3ccccc3c2)C[C@@H](C)CN[C@H](C)[C@H]2NC(=O)O[C@@]21C. The molecule has 1 amide bonds.